The van der Waals surface area contributed by atoms with Crippen molar-refractivity contribution in [3.05, 3.63) is 36.5 Å². The molecular weight excluding hydrogens is 186 g/mol. The molecule has 0 radical (unpaired) electrons. The topological polar surface area (TPSA) is 41.3 Å². The van der Waals surface area contributed by atoms with Crippen LogP contribution in [-0.2, 0) is 0 Å². The van der Waals surface area contributed by atoms with Gasteiger partial charge in [0.2, 0.25) is 0 Å². The van der Waals surface area contributed by atoms with E-state index < -0.39 is 0 Å². The monoisotopic (exact) mass is 205 g/mol. The average molecular weight is 205 g/mol. The Morgan fingerprint density at radius 1 is 1.40 bits per heavy atom. The highest BCUT2D eigenvalue weighted by molar-refractivity contribution is 5.70. The molecule has 0 aromatic heterocycles. The molecule has 0 unspecified atom stereocenters. The van der Waals surface area contributed by atoms with E-state index in [2.05, 4.69) is 24.4 Å². The number of nitrogens with two attached hydrogens (primary N) is 1. The first-order valence-corrected chi connectivity index (χ1v) is 5.23. The highest BCUT2D eigenvalue weighted by Gasteiger charge is 2.04. The number of benzene rings is 1. The normalized spacial score (nSPS) is 10.6. The summed E-state index contributed by atoms with van der Waals surface area (Å²) in [5.74, 6) is 0. The Hall–Kier alpha value is -1.48. The van der Waals surface area contributed by atoms with Crippen molar-refractivity contribution in [1.82, 2.24) is 0 Å². The third kappa shape index (κ3) is 2.99. The van der Waals surface area contributed by atoms with Gasteiger partial charge in [0.15, 0.2) is 0 Å². The lowest BCUT2D eigenvalue weighted by Gasteiger charge is -2.21. The Morgan fingerprint density at radius 2 is 2.13 bits per heavy atom. The van der Waals surface area contributed by atoms with Crippen LogP contribution in [0.1, 0.15) is 13.3 Å². The van der Waals surface area contributed by atoms with E-state index in [0.717, 1.165) is 17.8 Å². The van der Waals surface area contributed by atoms with Crippen LogP contribution in [0.15, 0.2) is 36.5 Å². The van der Waals surface area contributed by atoms with Crippen LogP contribution in [0.5, 0.6) is 0 Å². The number of para-hydroxylation sites is 2. The van der Waals surface area contributed by atoms with Gasteiger partial charge in [-0.15, -0.1) is 0 Å². The quantitative estimate of drug-likeness (QED) is 0.725. The Balaban J connectivity index is 2.95. The van der Waals surface area contributed by atoms with Crippen LogP contribution in [0.2, 0.25) is 0 Å². The molecular formula is C12H19N3. The molecule has 3 heteroatoms. The molecule has 0 amide bonds. The molecule has 0 fully saturated rings. The summed E-state index contributed by atoms with van der Waals surface area (Å²) in [6.07, 6.45) is 5.13. The molecule has 1 aromatic carbocycles. The minimum absolute atomic E-state index is 0.481. The van der Waals surface area contributed by atoms with E-state index in [1.807, 2.05) is 36.3 Å². The van der Waals surface area contributed by atoms with Gasteiger partial charge in [-0.3, -0.25) is 0 Å². The fourth-order valence-corrected chi connectivity index (χ4v) is 1.41. The van der Waals surface area contributed by atoms with Gasteiger partial charge < -0.3 is 16.0 Å². The Kier molecular flexibility index (Phi) is 4.71. The van der Waals surface area contributed by atoms with Gasteiger partial charge in [-0.25, -0.2) is 0 Å². The van der Waals surface area contributed by atoms with Gasteiger partial charge in [-0.2, -0.15) is 0 Å². The van der Waals surface area contributed by atoms with Gasteiger partial charge in [-0.05, 0) is 18.6 Å². The Labute approximate surface area is 91.6 Å². The molecule has 3 nitrogen and oxygen atoms in total. The standard InChI is InChI=1S/C12H19N3/c1-3-4-9-15(10-13)12-8-6-5-7-11(12)14-2/h4-9,14H,3,10,13H2,1-2H3/b9-4-. The highest BCUT2D eigenvalue weighted by Crippen LogP contribution is 2.24. The first kappa shape index (κ1) is 11.6. The SMILES string of the molecule is CC/C=C\N(CN)c1ccccc1NC. The van der Waals surface area contributed by atoms with Crippen molar-refractivity contribution in [2.45, 2.75) is 13.3 Å². The summed E-state index contributed by atoms with van der Waals surface area (Å²) in [5, 5.41) is 3.16. The number of hydrogen-bond donors (Lipinski definition) is 2. The first-order valence-electron chi connectivity index (χ1n) is 5.23. The van der Waals surface area contributed by atoms with Gasteiger partial charge in [0.1, 0.15) is 0 Å². The average Bonchev–Trinajstić information content (AvgIpc) is 2.30. The summed E-state index contributed by atoms with van der Waals surface area (Å²) in [6.45, 7) is 2.59. The maximum absolute atomic E-state index is 5.72. The minimum atomic E-state index is 0.481. The van der Waals surface area contributed by atoms with Crippen LogP contribution in [0.4, 0.5) is 11.4 Å². The molecule has 15 heavy (non-hydrogen) atoms. The second-order valence-corrected chi connectivity index (χ2v) is 3.21. The Bertz CT molecular complexity index is 320. The number of nitrogens with one attached hydrogen (secondary N) is 1. The van der Waals surface area contributed by atoms with Gasteiger partial charge in [0, 0.05) is 13.2 Å². The zero-order valence-electron chi connectivity index (χ0n) is 9.40. The molecule has 0 aliphatic heterocycles. The van der Waals surface area contributed by atoms with Crippen molar-refractivity contribution < 1.29 is 0 Å². The van der Waals surface area contributed by atoms with Crippen LogP contribution in [-0.4, -0.2) is 13.7 Å². The van der Waals surface area contributed by atoms with E-state index in [4.69, 9.17) is 5.73 Å². The number of nitrogens with zero attached hydrogens (tertiary/aromatic N) is 1. The minimum Gasteiger partial charge on any atom is -0.386 e. The van der Waals surface area contributed by atoms with Crippen LogP contribution in [0.3, 0.4) is 0 Å². The predicted molar refractivity (Wildman–Crippen MR) is 67.0 cm³/mol. The van der Waals surface area contributed by atoms with Crippen molar-refractivity contribution in [3.8, 4) is 0 Å². The second kappa shape index (κ2) is 6.09. The fraction of sp³-hybridized carbons (Fsp3) is 0.333. The molecule has 0 bridgehead atoms. The van der Waals surface area contributed by atoms with Crippen LogP contribution in [0, 0.1) is 0 Å². The molecule has 0 aliphatic rings. The molecule has 3 N–H and O–H groups in total. The second-order valence-electron chi connectivity index (χ2n) is 3.21. The van der Waals surface area contributed by atoms with Gasteiger partial charge in [-0.1, -0.05) is 25.1 Å². The summed E-state index contributed by atoms with van der Waals surface area (Å²) >= 11 is 0. The van der Waals surface area contributed by atoms with Crippen LogP contribution >= 0.6 is 0 Å². The summed E-state index contributed by atoms with van der Waals surface area (Å²) in [6, 6.07) is 8.11. The van der Waals surface area contributed by atoms with Gasteiger partial charge in [0.05, 0.1) is 18.0 Å². The predicted octanol–water partition coefficient (Wildman–Crippen LogP) is 2.37. The highest BCUT2D eigenvalue weighted by atomic mass is 15.2. The lowest BCUT2D eigenvalue weighted by molar-refractivity contribution is 0.968. The molecule has 1 rings (SSSR count). The third-order valence-corrected chi connectivity index (χ3v) is 2.20. The number of rotatable bonds is 5. The van der Waals surface area contributed by atoms with Crippen molar-refractivity contribution in [3.63, 3.8) is 0 Å². The summed E-state index contributed by atoms with van der Waals surface area (Å²) < 4.78 is 0. The third-order valence-electron chi connectivity index (χ3n) is 2.20. The maximum Gasteiger partial charge on any atom is 0.0701 e. The Morgan fingerprint density at radius 3 is 2.73 bits per heavy atom. The fourth-order valence-electron chi connectivity index (χ4n) is 1.41. The lowest BCUT2D eigenvalue weighted by Crippen LogP contribution is -2.24. The summed E-state index contributed by atoms with van der Waals surface area (Å²) in [5.41, 5.74) is 7.91. The zero-order chi connectivity index (χ0) is 11.1. The van der Waals surface area contributed by atoms with Crippen molar-refractivity contribution in [1.29, 1.82) is 0 Å². The molecule has 82 valence electrons. The maximum atomic E-state index is 5.72. The first-order chi connectivity index (χ1) is 7.33. The van der Waals surface area contributed by atoms with E-state index in [9.17, 15) is 0 Å². The summed E-state index contributed by atoms with van der Waals surface area (Å²) in [4.78, 5) is 2.02. The van der Waals surface area contributed by atoms with E-state index in [-0.39, 0.29) is 0 Å². The van der Waals surface area contributed by atoms with Crippen LogP contribution < -0.4 is 16.0 Å². The summed E-state index contributed by atoms with van der Waals surface area (Å²) in [7, 11) is 1.91. The molecule has 0 saturated heterocycles. The number of allylic oxidation sites excluding steroid dienone is 1. The van der Waals surface area contributed by atoms with Crippen molar-refractivity contribution in [2.24, 2.45) is 5.73 Å². The molecule has 1 aromatic rings. The number of anilines is 2. The molecule has 0 atom stereocenters. The van der Waals surface area contributed by atoms with Crippen molar-refractivity contribution >= 4 is 11.4 Å². The lowest BCUT2D eigenvalue weighted by atomic mass is 10.2. The van der Waals surface area contributed by atoms with E-state index >= 15 is 0 Å². The van der Waals surface area contributed by atoms with E-state index in [0.29, 0.717) is 6.67 Å². The zero-order valence-corrected chi connectivity index (χ0v) is 9.40. The van der Waals surface area contributed by atoms with Crippen molar-refractivity contribution in [2.75, 3.05) is 23.9 Å². The largest absolute Gasteiger partial charge is 0.386 e. The van der Waals surface area contributed by atoms with Gasteiger partial charge >= 0.3 is 0 Å². The molecule has 0 saturated carbocycles. The van der Waals surface area contributed by atoms with E-state index in [1.54, 1.807) is 0 Å². The molecule has 0 spiro atoms. The van der Waals surface area contributed by atoms with E-state index in [1.165, 1.54) is 0 Å². The van der Waals surface area contributed by atoms with Gasteiger partial charge in [0.25, 0.3) is 0 Å². The molecule has 0 aliphatic carbocycles. The number of hydrogen-bond acceptors (Lipinski definition) is 3. The molecule has 0 heterocycles. The van der Waals surface area contributed by atoms with Crippen LogP contribution in [0.25, 0.3) is 0 Å². The smallest absolute Gasteiger partial charge is 0.0701 e.